The number of halogens is 1. The molecular formula is C13H13FN2O2. The summed E-state index contributed by atoms with van der Waals surface area (Å²) in [4.78, 5) is 8.02. The maximum absolute atomic E-state index is 13.5. The van der Waals surface area contributed by atoms with Gasteiger partial charge < -0.3 is 9.84 Å². The molecule has 0 aliphatic heterocycles. The quantitative estimate of drug-likeness (QED) is 0.902. The number of aliphatic hydroxyl groups is 1. The van der Waals surface area contributed by atoms with Crippen LogP contribution in [0.25, 0.3) is 0 Å². The zero-order valence-electron chi connectivity index (χ0n) is 10.1. The molecule has 0 bridgehead atoms. The average molecular weight is 248 g/mol. The SMILES string of the molecule is COc1ccc(C(O)c2ncc(C)cn2)cc1F. The predicted molar refractivity (Wildman–Crippen MR) is 63.8 cm³/mol. The van der Waals surface area contributed by atoms with Gasteiger partial charge in [0.2, 0.25) is 0 Å². The molecule has 0 saturated carbocycles. The third kappa shape index (κ3) is 2.46. The summed E-state index contributed by atoms with van der Waals surface area (Å²) in [6, 6.07) is 4.25. The molecule has 1 atom stereocenters. The van der Waals surface area contributed by atoms with Gasteiger partial charge in [-0.1, -0.05) is 6.07 Å². The molecule has 0 saturated heterocycles. The van der Waals surface area contributed by atoms with Crippen molar-refractivity contribution in [3.8, 4) is 5.75 Å². The van der Waals surface area contributed by atoms with Crippen molar-refractivity contribution in [3.63, 3.8) is 0 Å². The maximum atomic E-state index is 13.5. The largest absolute Gasteiger partial charge is 0.494 e. The molecule has 94 valence electrons. The fourth-order valence-electron chi connectivity index (χ4n) is 1.55. The third-order valence-corrected chi connectivity index (χ3v) is 2.54. The van der Waals surface area contributed by atoms with Crippen LogP contribution in [-0.2, 0) is 0 Å². The van der Waals surface area contributed by atoms with Crippen molar-refractivity contribution in [2.75, 3.05) is 7.11 Å². The molecule has 4 nitrogen and oxygen atoms in total. The first-order chi connectivity index (χ1) is 8.61. The molecule has 0 spiro atoms. The van der Waals surface area contributed by atoms with Crippen LogP contribution in [0, 0.1) is 12.7 Å². The number of hydrogen-bond acceptors (Lipinski definition) is 4. The van der Waals surface area contributed by atoms with E-state index in [-0.39, 0.29) is 11.6 Å². The number of nitrogens with zero attached hydrogens (tertiary/aromatic N) is 2. The fourth-order valence-corrected chi connectivity index (χ4v) is 1.55. The topological polar surface area (TPSA) is 55.2 Å². The Morgan fingerprint density at radius 3 is 2.50 bits per heavy atom. The first-order valence-corrected chi connectivity index (χ1v) is 5.42. The minimum Gasteiger partial charge on any atom is -0.494 e. The monoisotopic (exact) mass is 248 g/mol. The first-order valence-electron chi connectivity index (χ1n) is 5.42. The normalized spacial score (nSPS) is 12.2. The lowest BCUT2D eigenvalue weighted by molar-refractivity contribution is 0.209. The number of aromatic nitrogens is 2. The van der Waals surface area contributed by atoms with Crippen molar-refractivity contribution >= 4 is 0 Å². The number of benzene rings is 1. The minimum absolute atomic E-state index is 0.135. The molecule has 0 fully saturated rings. The van der Waals surface area contributed by atoms with E-state index in [9.17, 15) is 9.50 Å². The van der Waals surface area contributed by atoms with Crippen LogP contribution in [0.5, 0.6) is 5.75 Å². The van der Waals surface area contributed by atoms with Gasteiger partial charge in [-0.3, -0.25) is 0 Å². The smallest absolute Gasteiger partial charge is 0.165 e. The zero-order valence-corrected chi connectivity index (χ0v) is 10.1. The van der Waals surface area contributed by atoms with E-state index in [1.807, 2.05) is 6.92 Å². The van der Waals surface area contributed by atoms with Crippen LogP contribution in [0.3, 0.4) is 0 Å². The highest BCUT2D eigenvalue weighted by atomic mass is 19.1. The molecule has 1 aromatic carbocycles. The van der Waals surface area contributed by atoms with Gasteiger partial charge in [0.05, 0.1) is 7.11 Å². The number of rotatable bonds is 3. The lowest BCUT2D eigenvalue weighted by atomic mass is 10.1. The highest BCUT2D eigenvalue weighted by Gasteiger charge is 2.15. The Morgan fingerprint density at radius 2 is 1.94 bits per heavy atom. The van der Waals surface area contributed by atoms with Gasteiger partial charge in [-0.05, 0) is 30.2 Å². The molecule has 5 heteroatoms. The molecule has 1 unspecified atom stereocenters. The van der Waals surface area contributed by atoms with Crippen LogP contribution >= 0.6 is 0 Å². The predicted octanol–water partition coefficient (Wildman–Crippen LogP) is 2.01. The fraction of sp³-hybridized carbons (Fsp3) is 0.231. The van der Waals surface area contributed by atoms with E-state index in [0.29, 0.717) is 5.56 Å². The molecule has 1 aromatic heterocycles. The molecular weight excluding hydrogens is 235 g/mol. The summed E-state index contributed by atoms with van der Waals surface area (Å²) in [7, 11) is 1.39. The number of hydrogen-bond donors (Lipinski definition) is 1. The van der Waals surface area contributed by atoms with Crippen molar-refractivity contribution in [1.82, 2.24) is 9.97 Å². The number of aryl methyl sites for hydroxylation is 1. The number of aliphatic hydroxyl groups excluding tert-OH is 1. The standard InChI is InChI=1S/C13H13FN2O2/c1-8-6-15-13(16-7-8)12(17)9-3-4-11(18-2)10(14)5-9/h3-7,12,17H,1-2H3. The van der Waals surface area contributed by atoms with E-state index in [0.717, 1.165) is 5.56 Å². The second-order valence-corrected chi connectivity index (χ2v) is 3.92. The second-order valence-electron chi connectivity index (χ2n) is 3.92. The molecule has 1 N–H and O–H groups in total. The Morgan fingerprint density at radius 1 is 1.28 bits per heavy atom. The summed E-state index contributed by atoms with van der Waals surface area (Å²) in [5.74, 6) is -0.151. The summed E-state index contributed by atoms with van der Waals surface area (Å²) in [5.41, 5.74) is 1.28. The summed E-state index contributed by atoms with van der Waals surface area (Å²) in [5, 5.41) is 10.0. The Hall–Kier alpha value is -2.01. The molecule has 1 heterocycles. The maximum Gasteiger partial charge on any atom is 0.165 e. The summed E-state index contributed by atoms with van der Waals surface area (Å²) < 4.78 is 18.3. The first kappa shape index (κ1) is 12.4. The van der Waals surface area contributed by atoms with Gasteiger partial charge in [0.1, 0.15) is 6.10 Å². The molecule has 0 amide bonds. The van der Waals surface area contributed by atoms with Crippen molar-refractivity contribution in [2.45, 2.75) is 13.0 Å². The number of ether oxygens (including phenoxy) is 1. The summed E-state index contributed by atoms with van der Waals surface area (Å²) >= 11 is 0. The van der Waals surface area contributed by atoms with Gasteiger partial charge in [0, 0.05) is 12.4 Å². The summed E-state index contributed by atoms with van der Waals surface area (Å²) in [6.07, 6.45) is 2.16. The van der Waals surface area contributed by atoms with E-state index >= 15 is 0 Å². The van der Waals surface area contributed by atoms with Gasteiger partial charge >= 0.3 is 0 Å². The molecule has 0 aliphatic carbocycles. The van der Waals surface area contributed by atoms with Gasteiger partial charge in [-0.25, -0.2) is 14.4 Å². The second kappa shape index (κ2) is 5.10. The van der Waals surface area contributed by atoms with E-state index in [1.165, 1.54) is 19.2 Å². The van der Waals surface area contributed by atoms with Crippen LogP contribution in [0.2, 0.25) is 0 Å². The van der Waals surface area contributed by atoms with Gasteiger partial charge in [-0.2, -0.15) is 0 Å². The molecule has 2 rings (SSSR count). The lowest BCUT2D eigenvalue weighted by Gasteiger charge is -2.11. The van der Waals surface area contributed by atoms with Crippen LogP contribution in [0.1, 0.15) is 23.1 Å². The van der Waals surface area contributed by atoms with E-state index in [2.05, 4.69) is 9.97 Å². The average Bonchev–Trinajstić information content (AvgIpc) is 2.38. The lowest BCUT2D eigenvalue weighted by Crippen LogP contribution is -2.05. The Labute approximate surface area is 104 Å². The zero-order chi connectivity index (χ0) is 13.1. The van der Waals surface area contributed by atoms with Crippen molar-refractivity contribution < 1.29 is 14.2 Å². The minimum atomic E-state index is -1.05. The Kier molecular flexibility index (Phi) is 3.53. The molecule has 18 heavy (non-hydrogen) atoms. The van der Waals surface area contributed by atoms with Crippen LogP contribution in [0.15, 0.2) is 30.6 Å². The van der Waals surface area contributed by atoms with Crippen LogP contribution in [-0.4, -0.2) is 22.2 Å². The third-order valence-electron chi connectivity index (χ3n) is 2.54. The van der Waals surface area contributed by atoms with Crippen molar-refractivity contribution in [1.29, 1.82) is 0 Å². The molecule has 2 aromatic rings. The van der Waals surface area contributed by atoms with Gasteiger partial charge in [-0.15, -0.1) is 0 Å². The van der Waals surface area contributed by atoms with Gasteiger partial charge in [0.15, 0.2) is 17.4 Å². The van der Waals surface area contributed by atoms with Crippen LogP contribution in [0.4, 0.5) is 4.39 Å². The molecule has 0 aliphatic rings. The van der Waals surface area contributed by atoms with E-state index in [1.54, 1.807) is 18.5 Å². The van der Waals surface area contributed by atoms with Gasteiger partial charge in [0.25, 0.3) is 0 Å². The highest BCUT2D eigenvalue weighted by Crippen LogP contribution is 2.24. The van der Waals surface area contributed by atoms with Crippen molar-refractivity contribution in [3.05, 3.63) is 53.4 Å². The Bertz CT molecular complexity index is 543. The summed E-state index contributed by atoms with van der Waals surface area (Å²) in [6.45, 7) is 1.85. The van der Waals surface area contributed by atoms with Crippen molar-refractivity contribution in [2.24, 2.45) is 0 Å². The van der Waals surface area contributed by atoms with E-state index in [4.69, 9.17) is 4.74 Å². The van der Waals surface area contributed by atoms with E-state index < -0.39 is 11.9 Å². The molecule has 0 radical (unpaired) electrons. The number of methoxy groups -OCH3 is 1. The Balaban J connectivity index is 2.31. The van der Waals surface area contributed by atoms with Crippen LogP contribution < -0.4 is 4.74 Å². The highest BCUT2D eigenvalue weighted by molar-refractivity contribution is 5.32.